The molecule has 0 radical (unpaired) electrons. The van der Waals surface area contributed by atoms with E-state index in [0.29, 0.717) is 18.7 Å². The Kier molecular flexibility index (Phi) is 5.08. The molecule has 1 fully saturated rings. The van der Waals surface area contributed by atoms with Gasteiger partial charge in [-0.15, -0.1) is 0 Å². The van der Waals surface area contributed by atoms with Gasteiger partial charge in [0.2, 0.25) is 0 Å². The van der Waals surface area contributed by atoms with Crippen LogP contribution in [0.1, 0.15) is 21.8 Å². The van der Waals surface area contributed by atoms with E-state index in [-0.39, 0.29) is 17.9 Å². The minimum Gasteiger partial charge on any atom is -0.379 e. The Morgan fingerprint density at radius 2 is 2.16 bits per heavy atom. The zero-order chi connectivity index (χ0) is 18.0. The maximum atomic E-state index is 12.9. The maximum absolute atomic E-state index is 12.9. The number of methoxy groups -OCH3 is 1. The summed E-state index contributed by atoms with van der Waals surface area (Å²) in [7, 11) is 5.63. The van der Waals surface area contributed by atoms with Gasteiger partial charge in [-0.25, -0.2) is 0 Å². The molecular weight excluding hydrogens is 318 g/mol. The summed E-state index contributed by atoms with van der Waals surface area (Å²) in [6, 6.07) is 9.65. The van der Waals surface area contributed by atoms with Gasteiger partial charge in [0.05, 0.1) is 11.8 Å². The Bertz CT molecular complexity index is 741. The largest absolute Gasteiger partial charge is 0.379 e. The quantitative estimate of drug-likeness (QED) is 0.834. The van der Waals surface area contributed by atoms with E-state index >= 15 is 0 Å². The van der Waals surface area contributed by atoms with E-state index in [1.165, 1.54) is 0 Å². The molecule has 1 aliphatic rings. The standard InChI is InChI=1S/C19H25N3O3/c1-13-8-17(25-20-13)10-15-11-22(12-18(15)24-4)19(23)14-6-5-7-16(9-14)21(2)3/h5-9,15,18H,10-12H2,1-4H3/t15-,18+/m1/s1. The molecule has 3 rings (SSSR count). The van der Waals surface area contributed by atoms with Crippen LogP contribution in [0.3, 0.4) is 0 Å². The first-order chi connectivity index (χ1) is 12.0. The van der Waals surface area contributed by atoms with Gasteiger partial charge in [-0.05, 0) is 25.1 Å². The summed E-state index contributed by atoms with van der Waals surface area (Å²) >= 11 is 0. The number of amides is 1. The Balaban J connectivity index is 1.72. The first kappa shape index (κ1) is 17.5. The number of aromatic nitrogens is 1. The van der Waals surface area contributed by atoms with Gasteiger partial charge in [0.15, 0.2) is 0 Å². The molecule has 1 amide bonds. The summed E-state index contributed by atoms with van der Waals surface area (Å²) in [5.74, 6) is 1.09. The molecule has 1 aliphatic heterocycles. The minimum absolute atomic E-state index is 0.00591. The second-order valence-electron chi connectivity index (χ2n) is 6.83. The first-order valence-electron chi connectivity index (χ1n) is 8.49. The first-order valence-corrected chi connectivity index (χ1v) is 8.49. The van der Waals surface area contributed by atoms with Crippen molar-refractivity contribution in [1.29, 1.82) is 0 Å². The van der Waals surface area contributed by atoms with Crippen LogP contribution in [-0.4, -0.2) is 56.4 Å². The van der Waals surface area contributed by atoms with Gasteiger partial charge in [-0.3, -0.25) is 4.79 Å². The molecule has 0 spiro atoms. The fraction of sp³-hybridized carbons (Fsp3) is 0.474. The molecule has 2 heterocycles. The van der Waals surface area contributed by atoms with E-state index in [2.05, 4.69) is 5.16 Å². The lowest BCUT2D eigenvalue weighted by molar-refractivity contribution is 0.0672. The van der Waals surface area contributed by atoms with E-state index in [4.69, 9.17) is 9.26 Å². The summed E-state index contributed by atoms with van der Waals surface area (Å²) in [6.45, 7) is 3.16. The van der Waals surface area contributed by atoms with Gasteiger partial charge in [-0.1, -0.05) is 11.2 Å². The lowest BCUT2D eigenvalue weighted by atomic mass is 10.0. The van der Waals surface area contributed by atoms with E-state index in [0.717, 1.165) is 23.6 Å². The average molecular weight is 343 g/mol. The van der Waals surface area contributed by atoms with Crippen LogP contribution in [0, 0.1) is 12.8 Å². The van der Waals surface area contributed by atoms with Crippen LogP contribution in [0.15, 0.2) is 34.9 Å². The van der Waals surface area contributed by atoms with Gasteiger partial charge < -0.3 is 19.1 Å². The fourth-order valence-corrected chi connectivity index (χ4v) is 3.34. The van der Waals surface area contributed by atoms with E-state index < -0.39 is 0 Å². The highest BCUT2D eigenvalue weighted by Crippen LogP contribution is 2.26. The number of anilines is 1. The average Bonchev–Trinajstić information content (AvgIpc) is 3.20. The molecule has 0 bridgehead atoms. The maximum Gasteiger partial charge on any atom is 0.254 e. The SMILES string of the molecule is CO[C@H]1CN(C(=O)c2cccc(N(C)C)c2)C[C@H]1Cc1cc(C)no1. The Hall–Kier alpha value is -2.34. The summed E-state index contributed by atoms with van der Waals surface area (Å²) in [4.78, 5) is 16.8. The van der Waals surface area contributed by atoms with E-state index in [9.17, 15) is 4.79 Å². The molecule has 6 heteroatoms. The van der Waals surface area contributed by atoms with Gasteiger partial charge in [0.25, 0.3) is 5.91 Å². The highest BCUT2D eigenvalue weighted by atomic mass is 16.5. The summed E-state index contributed by atoms with van der Waals surface area (Å²) in [5, 5.41) is 3.94. The number of hydrogen-bond acceptors (Lipinski definition) is 5. The number of benzene rings is 1. The Morgan fingerprint density at radius 1 is 1.36 bits per heavy atom. The molecule has 0 saturated carbocycles. The van der Waals surface area contributed by atoms with E-state index in [1.807, 2.05) is 61.2 Å². The third kappa shape index (κ3) is 3.85. The summed E-state index contributed by atoms with van der Waals surface area (Å²) < 4.78 is 10.9. The predicted octanol–water partition coefficient (Wildman–Crippen LogP) is 2.38. The molecule has 6 nitrogen and oxygen atoms in total. The second-order valence-corrected chi connectivity index (χ2v) is 6.83. The lowest BCUT2D eigenvalue weighted by Crippen LogP contribution is -2.30. The molecule has 1 saturated heterocycles. The summed E-state index contributed by atoms with van der Waals surface area (Å²) in [5.41, 5.74) is 2.59. The number of carbonyl (C=O) groups excluding carboxylic acids is 1. The Morgan fingerprint density at radius 3 is 2.80 bits per heavy atom. The number of ether oxygens (including phenoxy) is 1. The highest BCUT2D eigenvalue weighted by Gasteiger charge is 2.36. The fourth-order valence-electron chi connectivity index (χ4n) is 3.34. The van der Waals surface area contributed by atoms with Crippen molar-refractivity contribution in [3.63, 3.8) is 0 Å². The lowest BCUT2D eigenvalue weighted by Gasteiger charge is -2.18. The minimum atomic E-state index is 0.00591. The molecule has 0 aliphatic carbocycles. The van der Waals surface area contributed by atoms with E-state index in [1.54, 1.807) is 7.11 Å². The summed E-state index contributed by atoms with van der Waals surface area (Å²) in [6.07, 6.45) is 0.729. The smallest absolute Gasteiger partial charge is 0.254 e. The van der Waals surface area contributed by atoms with Gasteiger partial charge >= 0.3 is 0 Å². The zero-order valence-corrected chi connectivity index (χ0v) is 15.2. The highest BCUT2D eigenvalue weighted by molar-refractivity contribution is 5.95. The van der Waals surface area contributed by atoms with Crippen molar-refractivity contribution in [3.8, 4) is 0 Å². The molecule has 0 N–H and O–H groups in total. The third-order valence-corrected chi connectivity index (χ3v) is 4.72. The number of rotatable bonds is 5. The monoisotopic (exact) mass is 343 g/mol. The Labute approximate surface area is 148 Å². The van der Waals surface area contributed by atoms with Crippen molar-refractivity contribution in [2.45, 2.75) is 19.4 Å². The van der Waals surface area contributed by atoms with Crippen molar-refractivity contribution >= 4 is 11.6 Å². The van der Waals surface area contributed by atoms with Crippen LogP contribution in [0.4, 0.5) is 5.69 Å². The number of nitrogens with zero attached hydrogens (tertiary/aromatic N) is 3. The van der Waals surface area contributed by atoms with Crippen LogP contribution in [0.2, 0.25) is 0 Å². The molecule has 0 unspecified atom stereocenters. The van der Waals surface area contributed by atoms with Gasteiger partial charge in [0, 0.05) is 64.0 Å². The number of likely N-dealkylation sites (tertiary alicyclic amines) is 1. The molecule has 134 valence electrons. The number of carbonyl (C=O) groups is 1. The van der Waals surface area contributed by atoms with Crippen molar-refractivity contribution in [3.05, 3.63) is 47.3 Å². The van der Waals surface area contributed by atoms with Crippen LogP contribution >= 0.6 is 0 Å². The van der Waals surface area contributed by atoms with Gasteiger partial charge in [-0.2, -0.15) is 0 Å². The molecule has 1 aromatic carbocycles. The molecule has 2 atom stereocenters. The number of hydrogen-bond donors (Lipinski definition) is 0. The predicted molar refractivity (Wildman–Crippen MR) is 95.9 cm³/mol. The molecule has 25 heavy (non-hydrogen) atoms. The van der Waals surface area contributed by atoms with Crippen molar-refractivity contribution in [1.82, 2.24) is 10.1 Å². The van der Waals surface area contributed by atoms with Crippen LogP contribution in [0.25, 0.3) is 0 Å². The van der Waals surface area contributed by atoms with Crippen molar-refractivity contribution in [2.75, 3.05) is 39.2 Å². The van der Waals surface area contributed by atoms with Crippen molar-refractivity contribution < 1.29 is 14.1 Å². The second kappa shape index (κ2) is 7.27. The molecule has 1 aromatic heterocycles. The normalized spacial score (nSPS) is 20.1. The number of aryl methyl sites for hydroxylation is 1. The third-order valence-electron chi connectivity index (χ3n) is 4.72. The topological polar surface area (TPSA) is 58.8 Å². The van der Waals surface area contributed by atoms with Crippen molar-refractivity contribution in [2.24, 2.45) is 5.92 Å². The molecule has 2 aromatic rings. The molecular formula is C19H25N3O3. The van der Waals surface area contributed by atoms with Gasteiger partial charge in [0.1, 0.15) is 5.76 Å². The van der Waals surface area contributed by atoms with Crippen LogP contribution in [-0.2, 0) is 11.2 Å². The zero-order valence-electron chi connectivity index (χ0n) is 15.2. The van der Waals surface area contributed by atoms with Crippen LogP contribution < -0.4 is 4.90 Å². The van der Waals surface area contributed by atoms with Crippen LogP contribution in [0.5, 0.6) is 0 Å².